The van der Waals surface area contributed by atoms with Crippen LogP contribution < -0.4 is 5.32 Å². The zero-order valence-corrected chi connectivity index (χ0v) is 13.7. The van der Waals surface area contributed by atoms with Crippen LogP contribution in [0.25, 0.3) is 0 Å². The van der Waals surface area contributed by atoms with E-state index in [1.165, 1.54) is 11.1 Å². The first-order valence-corrected chi connectivity index (χ1v) is 7.53. The fourth-order valence-electron chi connectivity index (χ4n) is 2.32. The third kappa shape index (κ3) is 2.51. The maximum absolute atomic E-state index is 12.2. The van der Waals surface area contributed by atoms with E-state index in [1.54, 1.807) is 0 Å². The van der Waals surface area contributed by atoms with Gasteiger partial charge in [-0.1, -0.05) is 22.0 Å². The zero-order valence-electron chi connectivity index (χ0n) is 12.1. The van der Waals surface area contributed by atoms with Crippen molar-refractivity contribution in [3.8, 4) is 0 Å². The molecule has 106 valence electrons. The fraction of sp³-hybridized carbons (Fsp3) is 0.176. The number of rotatable bonds is 1. The second-order valence-corrected chi connectivity index (χ2v) is 6.18. The predicted molar refractivity (Wildman–Crippen MR) is 89.6 cm³/mol. The number of hydrogen-bond acceptors (Lipinski definition) is 2. The molecule has 1 amide bonds. The van der Waals surface area contributed by atoms with E-state index >= 15 is 0 Å². The molecule has 3 rings (SSSR count). The van der Waals surface area contributed by atoms with Gasteiger partial charge in [-0.15, -0.1) is 0 Å². The van der Waals surface area contributed by atoms with E-state index in [-0.39, 0.29) is 5.91 Å². The van der Waals surface area contributed by atoms with Crippen LogP contribution in [-0.4, -0.2) is 11.6 Å². The predicted octanol–water partition coefficient (Wildman–Crippen LogP) is 4.45. The molecule has 0 saturated carbocycles. The smallest absolute Gasteiger partial charge is 0.275 e. The highest BCUT2D eigenvalue weighted by Crippen LogP contribution is 2.31. The minimum atomic E-state index is -0.152. The number of aliphatic imine (C=N–C) groups is 1. The monoisotopic (exact) mass is 342 g/mol. The van der Waals surface area contributed by atoms with Gasteiger partial charge >= 0.3 is 0 Å². The van der Waals surface area contributed by atoms with Crippen molar-refractivity contribution in [3.63, 3.8) is 0 Å². The molecule has 0 aliphatic carbocycles. The molecule has 0 spiro atoms. The number of anilines is 1. The number of benzene rings is 2. The van der Waals surface area contributed by atoms with Gasteiger partial charge in [0, 0.05) is 10.0 Å². The molecule has 0 fully saturated rings. The number of nitrogens with one attached hydrogen (secondary N) is 1. The summed E-state index contributed by atoms with van der Waals surface area (Å²) in [6.07, 6.45) is 0. The van der Waals surface area contributed by atoms with E-state index in [1.807, 2.05) is 44.2 Å². The lowest BCUT2D eigenvalue weighted by atomic mass is 10.1. The van der Waals surface area contributed by atoms with Crippen LogP contribution in [0.15, 0.2) is 39.8 Å². The molecule has 1 heterocycles. The molecule has 1 N–H and O–H groups in total. The Balaban J connectivity index is 2.11. The Hall–Kier alpha value is -1.94. The number of carbonyl (C=O) groups excluding carboxylic acids is 1. The molecule has 4 heteroatoms. The summed E-state index contributed by atoms with van der Waals surface area (Å²) < 4.78 is 0.981. The van der Waals surface area contributed by atoms with Gasteiger partial charge in [-0.2, -0.15) is 0 Å². The maximum Gasteiger partial charge on any atom is 0.275 e. The van der Waals surface area contributed by atoms with Crippen molar-refractivity contribution in [1.82, 2.24) is 0 Å². The highest BCUT2D eigenvalue weighted by Gasteiger charge is 2.26. The first kappa shape index (κ1) is 14.0. The number of carbonyl (C=O) groups is 1. The first-order valence-electron chi connectivity index (χ1n) is 6.73. The molecule has 2 aromatic carbocycles. The highest BCUT2D eigenvalue weighted by atomic mass is 79.9. The SMILES string of the molecule is Cc1ccc(N=C2C(=O)Nc3cc(Br)c(C)cc32)cc1C. The summed E-state index contributed by atoms with van der Waals surface area (Å²) in [6.45, 7) is 6.11. The number of fused-ring (bicyclic) bond motifs is 1. The van der Waals surface area contributed by atoms with Gasteiger partial charge in [0.1, 0.15) is 5.71 Å². The van der Waals surface area contributed by atoms with Gasteiger partial charge in [-0.05, 0) is 61.7 Å². The molecule has 0 radical (unpaired) electrons. The van der Waals surface area contributed by atoms with Crippen LogP contribution >= 0.6 is 15.9 Å². The van der Waals surface area contributed by atoms with Crippen LogP contribution in [0, 0.1) is 20.8 Å². The Morgan fingerprint density at radius 1 is 1.00 bits per heavy atom. The average Bonchev–Trinajstić information content (AvgIpc) is 2.71. The van der Waals surface area contributed by atoms with Crippen molar-refractivity contribution in [2.24, 2.45) is 4.99 Å². The van der Waals surface area contributed by atoms with Gasteiger partial charge in [0.2, 0.25) is 0 Å². The van der Waals surface area contributed by atoms with Crippen LogP contribution in [0.4, 0.5) is 11.4 Å². The van der Waals surface area contributed by atoms with Gasteiger partial charge < -0.3 is 5.32 Å². The molecular formula is C17H15BrN2O. The lowest BCUT2D eigenvalue weighted by molar-refractivity contribution is -0.110. The minimum Gasteiger partial charge on any atom is -0.320 e. The molecule has 21 heavy (non-hydrogen) atoms. The number of hydrogen-bond donors (Lipinski definition) is 1. The van der Waals surface area contributed by atoms with Gasteiger partial charge in [0.25, 0.3) is 5.91 Å². The van der Waals surface area contributed by atoms with Gasteiger partial charge in [-0.25, -0.2) is 4.99 Å². The van der Waals surface area contributed by atoms with Crippen molar-refractivity contribution in [2.75, 3.05) is 5.32 Å². The van der Waals surface area contributed by atoms with Crippen molar-refractivity contribution in [3.05, 3.63) is 57.1 Å². The van der Waals surface area contributed by atoms with Gasteiger partial charge in [0.15, 0.2) is 0 Å². The lowest BCUT2D eigenvalue weighted by Gasteiger charge is -2.04. The van der Waals surface area contributed by atoms with Crippen molar-refractivity contribution >= 4 is 38.9 Å². The molecule has 1 aliphatic rings. The maximum atomic E-state index is 12.2. The Morgan fingerprint density at radius 2 is 1.76 bits per heavy atom. The molecule has 3 nitrogen and oxygen atoms in total. The average molecular weight is 343 g/mol. The van der Waals surface area contributed by atoms with E-state index in [9.17, 15) is 4.79 Å². The van der Waals surface area contributed by atoms with Gasteiger partial charge in [-0.3, -0.25) is 4.79 Å². The third-order valence-electron chi connectivity index (χ3n) is 3.75. The Kier molecular flexibility index (Phi) is 3.41. The molecule has 0 atom stereocenters. The van der Waals surface area contributed by atoms with Gasteiger partial charge in [0.05, 0.1) is 11.4 Å². The van der Waals surface area contributed by atoms with Crippen LogP contribution in [0.5, 0.6) is 0 Å². The Labute approximate surface area is 132 Å². The summed E-state index contributed by atoms with van der Waals surface area (Å²) in [5.74, 6) is -0.152. The van der Waals surface area contributed by atoms with Crippen molar-refractivity contribution in [2.45, 2.75) is 20.8 Å². The van der Waals surface area contributed by atoms with E-state index in [0.717, 1.165) is 27.0 Å². The van der Waals surface area contributed by atoms with Crippen molar-refractivity contribution in [1.29, 1.82) is 0 Å². The number of nitrogens with zero attached hydrogens (tertiary/aromatic N) is 1. The summed E-state index contributed by atoms with van der Waals surface area (Å²) in [7, 11) is 0. The molecular weight excluding hydrogens is 328 g/mol. The number of aryl methyl sites for hydroxylation is 3. The third-order valence-corrected chi connectivity index (χ3v) is 4.60. The Morgan fingerprint density at radius 3 is 2.48 bits per heavy atom. The quantitative estimate of drug-likeness (QED) is 0.817. The van der Waals surface area contributed by atoms with Crippen LogP contribution in [0.2, 0.25) is 0 Å². The highest BCUT2D eigenvalue weighted by molar-refractivity contribution is 9.10. The fourth-order valence-corrected chi connectivity index (χ4v) is 2.66. The number of halogens is 1. The molecule has 0 aromatic heterocycles. The van der Waals surface area contributed by atoms with Crippen LogP contribution in [0.1, 0.15) is 22.3 Å². The topological polar surface area (TPSA) is 41.5 Å². The summed E-state index contributed by atoms with van der Waals surface area (Å²) in [5, 5.41) is 2.86. The van der Waals surface area contributed by atoms with Crippen molar-refractivity contribution < 1.29 is 4.79 Å². The second-order valence-electron chi connectivity index (χ2n) is 5.33. The van der Waals surface area contributed by atoms with Crippen LogP contribution in [0.3, 0.4) is 0 Å². The summed E-state index contributed by atoms with van der Waals surface area (Å²) >= 11 is 3.48. The normalized spacial score (nSPS) is 15.2. The van der Waals surface area contributed by atoms with E-state index in [4.69, 9.17) is 0 Å². The summed E-state index contributed by atoms with van der Waals surface area (Å²) in [5.41, 5.74) is 6.41. The second kappa shape index (κ2) is 5.11. The summed E-state index contributed by atoms with van der Waals surface area (Å²) in [4.78, 5) is 16.7. The Bertz CT molecular complexity index is 794. The van der Waals surface area contributed by atoms with E-state index in [0.29, 0.717) is 5.71 Å². The van der Waals surface area contributed by atoms with E-state index < -0.39 is 0 Å². The summed E-state index contributed by atoms with van der Waals surface area (Å²) in [6, 6.07) is 9.86. The molecule has 0 saturated heterocycles. The molecule has 0 unspecified atom stereocenters. The first-order chi connectivity index (χ1) is 9.95. The lowest BCUT2D eigenvalue weighted by Crippen LogP contribution is -2.13. The zero-order chi connectivity index (χ0) is 15.1. The standard InChI is InChI=1S/C17H15BrN2O/c1-9-4-5-12(6-10(9)2)19-16-13-7-11(3)14(18)8-15(13)20-17(16)21/h4-8H,1-3H3,(H,19,20,21). The minimum absolute atomic E-state index is 0.152. The molecule has 0 bridgehead atoms. The number of amides is 1. The van der Waals surface area contributed by atoms with Crippen LogP contribution in [-0.2, 0) is 4.79 Å². The molecule has 2 aromatic rings. The van der Waals surface area contributed by atoms with E-state index in [2.05, 4.69) is 33.2 Å². The molecule has 1 aliphatic heterocycles. The largest absolute Gasteiger partial charge is 0.320 e.